The van der Waals surface area contributed by atoms with Crippen LogP contribution >= 0.6 is 0 Å². The summed E-state index contributed by atoms with van der Waals surface area (Å²) in [5, 5.41) is 11.3. The summed E-state index contributed by atoms with van der Waals surface area (Å²) in [7, 11) is 1.29. The second-order valence-electron chi connectivity index (χ2n) is 4.47. The van der Waals surface area contributed by atoms with Crippen molar-refractivity contribution in [3.05, 3.63) is 0 Å². The summed E-state index contributed by atoms with van der Waals surface area (Å²) in [6.07, 6.45) is -0.0557. The van der Waals surface area contributed by atoms with Crippen molar-refractivity contribution in [1.82, 2.24) is 10.2 Å². The number of hydrogen-bond acceptors (Lipinski definition) is 5. The Balaban J connectivity index is 2.51. The Morgan fingerprint density at radius 2 is 2.20 bits per heavy atom. The molecule has 20 heavy (non-hydrogen) atoms. The van der Waals surface area contributed by atoms with Crippen molar-refractivity contribution in [2.45, 2.75) is 31.9 Å². The fourth-order valence-electron chi connectivity index (χ4n) is 1.88. The van der Waals surface area contributed by atoms with Crippen molar-refractivity contribution in [3.8, 4) is 0 Å². The third-order valence-corrected chi connectivity index (χ3v) is 3.05. The third-order valence-electron chi connectivity index (χ3n) is 3.05. The van der Waals surface area contributed by atoms with E-state index in [1.807, 2.05) is 0 Å². The van der Waals surface area contributed by atoms with Gasteiger partial charge in [-0.3, -0.25) is 4.79 Å². The van der Waals surface area contributed by atoms with Gasteiger partial charge in [0.25, 0.3) is 0 Å². The van der Waals surface area contributed by atoms with Gasteiger partial charge in [0.05, 0.1) is 26.2 Å². The van der Waals surface area contributed by atoms with Gasteiger partial charge in [-0.2, -0.15) is 0 Å². The lowest BCUT2D eigenvalue weighted by Gasteiger charge is -2.33. The molecule has 1 fully saturated rings. The topological polar surface area (TPSA) is 105 Å². The number of rotatable bonds is 5. The van der Waals surface area contributed by atoms with Gasteiger partial charge in [0.2, 0.25) is 0 Å². The predicted octanol–water partition coefficient (Wildman–Crippen LogP) is -0.177. The first-order chi connectivity index (χ1) is 9.47. The monoisotopic (exact) mass is 288 g/mol. The molecular formula is C12H20N2O6. The Bertz CT molecular complexity index is 373. The highest BCUT2D eigenvalue weighted by Gasteiger charge is 2.28. The van der Waals surface area contributed by atoms with E-state index in [-0.39, 0.29) is 13.0 Å². The van der Waals surface area contributed by atoms with Gasteiger partial charge in [0.1, 0.15) is 6.04 Å². The number of carboxylic acid groups (broad SMARTS) is 1. The number of aliphatic carboxylic acids is 1. The van der Waals surface area contributed by atoms with Crippen molar-refractivity contribution >= 4 is 18.0 Å². The number of nitrogens with zero attached hydrogens (tertiary/aromatic N) is 1. The van der Waals surface area contributed by atoms with Crippen LogP contribution in [0, 0.1) is 0 Å². The number of carboxylic acids is 1. The van der Waals surface area contributed by atoms with E-state index in [2.05, 4.69) is 10.1 Å². The Labute approximate surface area is 117 Å². The summed E-state index contributed by atoms with van der Waals surface area (Å²) in [5.41, 5.74) is 0. The number of ether oxygens (including phenoxy) is 2. The summed E-state index contributed by atoms with van der Waals surface area (Å²) in [5.74, 6) is -1.48. The van der Waals surface area contributed by atoms with Crippen LogP contribution in [0.1, 0.15) is 19.8 Å². The molecule has 0 aromatic carbocycles. The zero-order valence-electron chi connectivity index (χ0n) is 11.6. The molecule has 114 valence electrons. The minimum atomic E-state index is -1.07. The SMILES string of the molecule is CCC(NC(=O)N1CCOC(CC(=O)OC)C1)C(=O)O. The van der Waals surface area contributed by atoms with Crippen LogP contribution in [0.5, 0.6) is 0 Å². The second-order valence-corrected chi connectivity index (χ2v) is 4.47. The quantitative estimate of drug-likeness (QED) is 0.680. The molecule has 1 aliphatic heterocycles. The first-order valence-corrected chi connectivity index (χ1v) is 6.44. The first-order valence-electron chi connectivity index (χ1n) is 6.44. The molecule has 0 spiro atoms. The summed E-state index contributed by atoms with van der Waals surface area (Å²) >= 11 is 0. The summed E-state index contributed by atoms with van der Waals surface area (Å²) in [6.45, 7) is 2.58. The van der Waals surface area contributed by atoms with Gasteiger partial charge in [-0.25, -0.2) is 9.59 Å². The molecule has 2 atom stereocenters. The summed E-state index contributed by atoms with van der Waals surface area (Å²) in [6, 6.07) is -1.37. The molecule has 0 bridgehead atoms. The Morgan fingerprint density at radius 1 is 1.50 bits per heavy atom. The predicted molar refractivity (Wildman–Crippen MR) is 68.2 cm³/mol. The van der Waals surface area contributed by atoms with Crippen LogP contribution in [0.4, 0.5) is 4.79 Å². The van der Waals surface area contributed by atoms with Crippen molar-refractivity contribution in [1.29, 1.82) is 0 Å². The second kappa shape index (κ2) is 7.68. The van der Waals surface area contributed by atoms with E-state index in [9.17, 15) is 14.4 Å². The molecule has 2 amide bonds. The van der Waals surface area contributed by atoms with E-state index in [0.29, 0.717) is 19.6 Å². The average Bonchev–Trinajstić information content (AvgIpc) is 2.44. The number of methoxy groups -OCH3 is 1. The highest BCUT2D eigenvalue weighted by Crippen LogP contribution is 2.10. The number of carbonyl (C=O) groups excluding carboxylic acids is 2. The molecule has 2 N–H and O–H groups in total. The number of esters is 1. The maximum Gasteiger partial charge on any atom is 0.326 e. The fourth-order valence-corrected chi connectivity index (χ4v) is 1.88. The van der Waals surface area contributed by atoms with Gasteiger partial charge in [-0.15, -0.1) is 0 Å². The molecule has 8 heteroatoms. The number of nitrogens with one attached hydrogen (secondary N) is 1. The highest BCUT2D eigenvalue weighted by atomic mass is 16.5. The molecule has 1 saturated heterocycles. The smallest absolute Gasteiger partial charge is 0.326 e. The molecule has 1 rings (SSSR count). The standard InChI is InChI=1S/C12H20N2O6/c1-3-9(11(16)17)13-12(18)14-4-5-20-8(7-14)6-10(15)19-2/h8-9H,3-7H2,1-2H3,(H,13,18)(H,16,17). The van der Waals surface area contributed by atoms with Crippen LogP contribution in [-0.2, 0) is 19.1 Å². The fraction of sp³-hybridized carbons (Fsp3) is 0.750. The first kappa shape index (κ1) is 16.2. The van der Waals surface area contributed by atoms with Crippen LogP contribution in [-0.4, -0.2) is 66.9 Å². The van der Waals surface area contributed by atoms with E-state index in [1.165, 1.54) is 12.0 Å². The Hall–Kier alpha value is -1.83. The van der Waals surface area contributed by atoms with Crippen molar-refractivity contribution in [3.63, 3.8) is 0 Å². The minimum absolute atomic E-state index is 0.0659. The van der Waals surface area contributed by atoms with E-state index in [1.54, 1.807) is 6.92 Å². The molecule has 0 aromatic rings. The van der Waals surface area contributed by atoms with Gasteiger partial charge >= 0.3 is 18.0 Å². The van der Waals surface area contributed by atoms with E-state index in [0.717, 1.165) is 0 Å². The van der Waals surface area contributed by atoms with E-state index in [4.69, 9.17) is 9.84 Å². The number of morpholine rings is 1. The van der Waals surface area contributed by atoms with Gasteiger partial charge < -0.3 is 24.8 Å². The van der Waals surface area contributed by atoms with Crippen LogP contribution in [0.3, 0.4) is 0 Å². The van der Waals surface area contributed by atoms with Crippen LogP contribution < -0.4 is 5.32 Å². The average molecular weight is 288 g/mol. The molecule has 1 heterocycles. The van der Waals surface area contributed by atoms with Crippen LogP contribution in [0.25, 0.3) is 0 Å². The maximum atomic E-state index is 12.0. The van der Waals surface area contributed by atoms with Crippen LogP contribution in [0.15, 0.2) is 0 Å². The molecule has 1 aliphatic rings. The summed E-state index contributed by atoms with van der Waals surface area (Å²) in [4.78, 5) is 35.4. The van der Waals surface area contributed by atoms with E-state index >= 15 is 0 Å². The Kier molecular flexibility index (Phi) is 6.23. The zero-order chi connectivity index (χ0) is 15.1. The summed E-state index contributed by atoms with van der Waals surface area (Å²) < 4.78 is 9.92. The van der Waals surface area contributed by atoms with Gasteiger partial charge in [-0.05, 0) is 6.42 Å². The maximum absolute atomic E-state index is 12.0. The normalized spacial score (nSPS) is 20.1. The largest absolute Gasteiger partial charge is 0.480 e. The number of amides is 2. The zero-order valence-corrected chi connectivity index (χ0v) is 11.6. The Morgan fingerprint density at radius 3 is 2.75 bits per heavy atom. The van der Waals surface area contributed by atoms with Gasteiger partial charge in [0, 0.05) is 13.1 Å². The van der Waals surface area contributed by atoms with Crippen molar-refractivity contribution < 1.29 is 29.0 Å². The molecular weight excluding hydrogens is 268 g/mol. The number of urea groups is 1. The number of carbonyl (C=O) groups is 3. The molecule has 2 unspecified atom stereocenters. The van der Waals surface area contributed by atoms with Crippen molar-refractivity contribution in [2.24, 2.45) is 0 Å². The molecule has 0 aromatic heterocycles. The van der Waals surface area contributed by atoms with Gasteiger partial charge in [0.15, 0.2) is 0 Å². The highest BCUT2D eigenvalue weighted by molar-refractivity contribution is 5.82. The lowest BCUT2D eigenvalue weighted by molar-refractivity contribution is -0.145. The van der Waals surface area contributed by atoms with E-state index < -0.39 is 30.1 Å². The lowest BCUT2D eigenvalue weighted by atomic mass is 10.2. The molecule has 8 nitrogen and oxygen atoms in total. The number of hydrogen-bond donors (Lipinski definition) is 2. The minimum Gasteiger partial charge on any atom is -0.480 e. The third kappa shape index (κ3) is 4.69. The molecule has 0 saturated carbocycles. The molecule has 0 aliphatic carbocycles. The van der Waals surface area contributed by atoms with Crippen LogP contribution in [0.2, 0.25) is 0 Å². The van der Waals surface area contributed by atoms with Crippen molar-refractivity contribution in [2.75, 3.05) is 26.8 Å². The van der Waals surface area contributed by atoms with Gasteiger partial charge in [-0.1, -0.05) is 6.92 Å². The molecule has 0 radical (unpaired) electrons. The lowest BCUT2D eigenvalue weighted by Crippen LogP contribution is -2.53.